The van der Waals surface area contributed by atoms with E-state index in [1.54, 1.807) is 0 Å². The topological polar surface area (TPSA) is 9.23 Å². The largest absolute Gasteiger partial charge is 0.491 e. The lowest BCUT2D eigenvalue weighted by Crippen LogP contribution is -2.48. The monoisotopic (exact) mass is 294 g/mol. The van der Waals surface area contributed by atoms with Gasteiger partial charge in [-0.05, 0) is 44.5 Å². The molecule has 0 unspecified atom stereocenters. The van der Waals surface area contributed by atoms with E-state index in [1.165, 1.54) is 24.2 Å². The lowest BCUT2D eigenvalue weighted by Gasteiger charge is -2.33. The van der Waals surface area contributed by atoms with E-state index >= 15 is 0 Å². The van der Waals surface area contributed by atoms with Crippen molar-refractivity contribution in [1.29, 1.82) is 0 Å². The number of rotatable bonds is 7. The van der Waals surface area contributed by atoms with Crippen LogP contribution < -0.4 is 4.74 Å². The fourth-order valence-corrected chi connectivity index (χ4v) is 2.34. The molecule has 0 atom stereocenters. The maximum atomic E-state index is 5.81. The van der Waals surface area contributed by atoms with Gasteiger partial charge in [0.05, 0.1) is 41.3 Å². The van der Waals surface area contributed by atoms with Crippen LogP contribution in [0.2, 0.25) is 0 Å². The van der Waals surface area contributed by atoms with E-state index in [4.69, 9.17) is 4.74 Å². The average molecular weight is 294 g/mol. The average Bonchev–Trinajstić information content (AvgIpc) is 2.29. The lowest BCUT2D eigenvalue weighted by molar-refractivity contribution is -0.945. The zero-order valence-electron chi connectivity index (χ0n) is 15.2. The summed E-state index contributed by atoms with van der Waals surface area (Å²) in [5.74, 6) is 1.01. The van der Waals surface area contributed by atoms with E-state index in [9.17, 15) is 0 Å². The summed E-state index contributed by atoms with van der Waals surface area (Å²) in [6.45, 7) is 9.68. The Kier molecular flexibility index (Phi) is 5.83. The summed E-state index contributed by atoms with van der Waals surface area (Å²) in [7, 11) is 11.4. The molecule has 0 spiro atoms. The minimum atomic E-state index is 0.228. The summed E-state index contributed by atoms with van der Waals surface area (Å²) in [5, 5.41) is 0. The van der Waals surface area contributed by atoms with Crippen molar-refractivity contribution in [2.45, 2.75) is 33.4 Å². The van der Waals surface area contributed by atoms with Crippen molar-refractivity contribution in [2.75, 3.05) is 48.3 Å². The van der Waals surface area contributed by atoms with E-state index in [0.717, 1.165) is 21.3 Å². The second-order valence-corrected chi connectivity index (χ2v) is 8.10. The summed E-state index contributed by atoms with van der Waals surface area (Å²) in [6.07, 6.45) is 0.228. The predicted molar refractivity (Wildman–Crippen MR) is 90.5 cm³/mol. The first kappa shape index (κ1) is 18.0. The van der Waals surface area contributed by atoms with Crippen LogP contribution in [0, 0.1) is 6.92 Å². The van der Waals surface area contributed by atoms with Crippen LogP contribution in [0.1, 0.15) is 25.0 Å². The van der Waals surface area contributed by atoms with Crippen LogP contribution in [0.25, 0.3) is 0 Å². The van der Waals surface area contributed by atoms with Gasteiger partial charge in [-0.3, -0.25) is 0 Å². The fourth-order valence-electron chi connectivity index (χ4n) is 2.34. The van der Waals surface area contributed by atoms with E-state index in [0.29, 0.717) is 0 Å². The number of nitrogens with zero attached hydrogens (tertiary/aromatic N) is 2. The van der Waals surface area contributed by atoms with Gasteiger partial charge in [0, 0.05) is 5.56 Å². The summed E-state index contributed by atoms with van der Waals surface area (Å²) in [5.41, 5.74) is 2.61. The molecule has 0 heterocycles. The number of hydrogen-bond acceptors (Lipinski definition) is 1. The Morgan fingerprint density at radius 3 is 2.10 bits per heavy atom. The van der Waals surface area contributed by atoms with E-state index < -0.39 is 0 Å². The third-order valence-electron chi connectivity index (χ3n) is 3.59. The Bertz CT molecular complexity index is 459. The fraction of sp³-hybridized carbons (Fsp3) is 0.667. The molecule has 0 radical (unpaired) electrons. The molecule has 0 amide bonds. The van der Waals surface area contributed by atoms with Crippen LogP contribution >= 0.6 is 0 Å². The molecular formula is C18H34N2O+2. The third-order valence-corrected chi connectivity index (χ3v) is 3.59. The number of quaternary nitrogens is 2. The summed E-state index contributed by atoms with van der Waals surface area (Å²) < 4.78 is 7.84. The summed E-state index contributed by atoms with van der Waals surface area (Å²) in [6, 6.07) is 6.59. The van der Waals surface area contributed by atoms with E-state index in [1.807, 2.05) is 0 Å². The molecule has 1 rings (SSSR count). The van der Waals surface area contributed by atoms with Gasteiger partial charge in [-0.2, -0.15) is 0 Å². The van der Waals surface area contributed by atoms with Gasteiger partial charge in [0.15, 0.2) is 0 Å². The van der Waals surface area contributed by atoms with Gasteiger partial charge in [-0.1, -0.05) is 0 Å². The molecule has 3 nitrogen and oxygen atoms in total. The zero-order chi connectivity index (χ0) is 16.3. The highest BCUT2D eigenvalue weighted by molar-refractivity contribution is 5.36. The van der Waals surface area contributed by atoms with Crippen molar-refractivity contribution in [3.8, 4) is 5.75 Å². The zero-order valence-corrected chi connectivity index (χ0v) is 15.2. The molecule has 0 saturated heterocycles. The molecule has 1 aromatic carbocycles. The molecule has 0 aliphatic heterocycles. The quantitative estimate of drug-likeness (QED) is 0.702. The summed E-state index contributed by atoms with van der Waals surface area (Å²) >= 11 is 0. The molecule has 1 aromatic rings. The standard InChI is InChI=1S/C18H34N2O/c1-15(2)21-18-10-9-17(13-16(18)3)14-20(7,8)12-11-19(4,5)6/h9-10,13,15H,11-12,14H2,1-8H3/q+2. The highest BCUT2D eigenvalue weighted by Crippen LogP contribution is 2.22. The highest BCUT2D eigenvalue weighted by atomic mass is 16.5. The lowest BCUT2D eigenvalue weighted by atomic mass is 10.1. The molecule has 3 heteroatoms. The van der Waals surface area contributed by atoms with Gasteiger partial charge in [-0.15, -0.1) is 0 Å². The number of likely N-dealkylation sites (N-methyl/N-ethyl adjacent to an activating group) is 2. The van der Waals surface area contributed by atoms with Crippen LogP contribution in [0.5, 0.6) is 5.75 Å². The molecule has 0 aliphatic rings. The third kappa shape index (κ3) is 6.96. The van der Waals surface area contributed by atoms with E-state index in [-0.39, 0.29) is 6.10 Å². The number of hydrogen-bond donors (Lipinski definition) is 0. The Morgan fingerprint density at radius 2 is 1.62 bits per heavy atom. The smallest absolute Gasteiger partial charge is 0.128 e. The number of aryl methyl sites for hydroxylation is 1. The molecule has 0 aromatic heterocycles. The Hall–Kier alpha value is -1.06. The first-order chi connectivity index (χ1) is 9.48. The minimum Gasteiger partial charge on any atom is -0.491 e. The van der Waals surface area contributed by atoms with Gasteiger partial charge >= 0.3 is 0 Å². The Morgan fingerprint density at radius 1 is 1.00 bits per heavy atom. The molecule has 0 fully saturated rings. The maximum absolute atomic E-state index is 5.81. The number of benzene rings is 1. The van der Waals surface area contributed by atoms with E-state index in [2.05, 4.69) is 74.2 Å². The highest BCUT2D eigenvalue weighted by Gasteiger charge is 2.20. The Balaban J connectivity index is 2.72. The van der Waals surface area contributed by atoms with Crippen molar-refractivity contribution in [1.82, 2.24) is 0 Å². The molecule has 120 valence electrons. The first-order valence-corrected chi connectivity index (χ1v) is 7.87. The van der Waals surface area contributed by atoms with Crippen LogP contribution in [0.4, 0.5) is 0 Å². The molecular weight excluding hydrogens is 260 g/mol. The summed E-state index contributed by atoms with van der Waals surface area (Å²) in [4.78, 5) is 0. The van der Waals surface area contributed by atoms with Crippen LogP contribution in [-0.4, -0.2) is 63.4 Å². The normalized spacial score (nSPS) is 12.8. The molecule has 0 bridgehead atoms. The Labute approximate surface area is 131 Å². The number of ether oxygens (including phenoxy) is 1. The van der Waals surface area contributed by atoms with Gasteiger partial charge < -0.3 is 13.7 Å². The van der Waals surface area contributed by atoms with Gasteiger partial charge in [-0.25, -0.2) is 0 Å². The second kappa shape index (κ2) is 6.80. The van der Waals surface area contributed by atoms with Crippen molar-refractivity contribution in [2.24, 2.45) is 0 Å². The van der Waals surface area contributed by atoms with Gasteiger partial charge in [0.25, 0.3) is 0 Å². The molecule has 21 heavy (non-hydrogen) atoms. The first-order valence-electron chi connectivity index (χ1n) is 7.87. The van der Waals surface area contributed by atoms with Crippen LogP contribution in [-0.2, 0) is 6.54 Å². The predicted octanol–water partition coefficient (Wildman–Crippen LogP) is 3.06. The van der Waals surface area contributed by atoms with Crippen LogP contribution in [0.3, 0.4) is 0 Å². The van der Waals surface area contributed by atoms with Gasteiger partial charge in [0.1, 0.15) is 25.4 Å². The molecule has 0 aliphatic carbocycles. The van der Waals surface area contributed by atoms with Crippen LogP contribution in [0.15, 0.2) is 18.2 Å². The molecule has 0 saturated carbocycles. The molecule has 0 N–H and O–H groups in total. The van der Waals surface area contributed by atoms with Crippen molar-refractivity contribution in [3.05, 3.63) is 29.3 Å². The van der Waals surface area contributed by atoms with Gasteiger partial charge in [0.2, 0.25) is 0 Å². The van der Waals surface area contributed by atoms with Crippen molar-refractivity contribution < 1.29 is 13.7 Å². The second-order valence-electron chi connectivity index (χ2n) is 8.10. The van der Waals surface area contributed by atoms with Crippen molar-refractivity contribution >= 4 is 0 Å². The SMILES string of the molecule is Cc1cc(C[N+](C)(C)CC[N+](C)(C)C)ccc1OC(C)C. The maximum Gasteiger partial charge on any atom is 0.128 e. The minimum absolute atomic E-state index is 0.228. The van der Waals surface area contributed by atoms with Crippen molar-refractivity contribution in [3.63, 3.8) is 0 Å².